The zero-order valence-corrected chi connectivity index (χ0v) is 19.4. The quantitative estimate of drug-likeness (QED) is 0.624. The molecule has 2 aromatic carbocycles. The molecule has 33 heavy (non-hydrogen) atoms. The molecule has 1 aliphatic heterocycles. The van der Waals surface area contributed by atoms with E-state index < -0.39 is 5.41 Å². The average molecular weight is 442 g/mol. The largest absolute Gasteiger partial charge is 0.359 e. The molecule has 170 valence electrons. The minimum Gasteiger partial charge on any atom is -0.359 e. The highest BCUT2D eigenvalue weighted by atomic mass is 16.2. The van der Waals surface area contributed by atoms with Gasteiger partial charge in [-0.3, -0.25) is 14.6 Å². The summed E-state index contributed by atoms with van der Waals surface area (Å²) in [6.07, 6.45) is 6.11. The standard InChI is InChI=1S/C28H31N3O2/c1-21-8-5-9-22(16-21)17-26(32)31-15-7-13-28(20-31,27(33)29-2)18-23-10-3-4-12-25(23)24-11-6-14-30-19-24/h3-6,8-12,14,16,19H,7,13,15,17-18,20H2,1-2H3,(H,29,33)/t28-/m1/s1. The normalized spacial score (nSPS) is 18.1. The van der Waals surface area contributed by atoms with Gasteiger partial charge in [0.15, 0.2) is 0 Å². The van der Waals surface area contributed by atoms with E-state index in [4.69, 9.17) is 0 Å². The number of aromatic nitrogens is 1. The van der Waals surface area contributed by atoms with Gasteiger partial charge in [0.2, 0.25) is 11.8 Å². The second-order valence-electron chi connectivity index (χ2n) is 9.02. The number of likely N-dealkylation sites (tertiary alicyclic amines) is 1. The van der Waals surface area contributed by atoms with Gasteiger partial charge < -0.3 is 10.2 Å². The highest BCUT2D eigenvalue weighted by molar-refractivity contribution is 5.85. The molecule has 1 atom stereocenters. The number of nitrogens with one attached hydrogen (secondary N) is 1. The Morgan fingerprint density at radius 3 is 2.70 bits per heavy atom. The van der Waals surface area contributed by atoms with Crippen molar-refractivity contribution in [1.82, 2.24) is 15.2 Å². The van der Waals surface area contributed by atoms with Crippen molar-refractivity contribution in [2.45, 2.75) is 32.6 Å². The summed E-state index contributed by atoms with van der Waals surface area (Å²) in [6.45, 7) is 3.15. The molecule has 0 bridgehead atoms. The van der Waals surface area contributed by atoms with Crippen molar-refractivity contribution in [3.63, 3.8) is 0 Å². The lowest BCUT2D eigenvalue weighted by Crippen LogP contribution is -2.54. The van der Waals surface area contributed by atoms with E-state index >= 15 is 0 Å². The molecule has 0 unspecified atom stereocenters. The summed E-state index contributed by atoms with van der Waals surface area (Å²) in [5.74, 6) is 0.0747. The summed E-state index contributed by atoms with van der Waals surface area (Å²) < 4.78 is 0. The molecule has 0 spiro atoms. The van der Waals surface area contributed by atoms with Crippen LogP contribution in [0.5, 0.6) is 0 Å². The van der Waals surface area contributed by atoms with Gasteiger partial charge >= 0.3 is 0 Å². The molecule has 2 heterocycles. The molecule has 0 aliphatic carbocycles. The highest BCUT2D eigenvalue weighted by Crippen LogP contribution is 2.37. The number of carbonyl (C=O) groups excluding carboxylic acids is 2. The number of hydrogen-bond acceptors (Lipinski definition) is 3. The number of aryl methyl sites for hydroxylation is 1. The minimum atomic E-state index is -0.659. The molecule has 2 amide bonds. The average Bonchev–Trinajstić information content (AvgIpc) is 2.84. The van der Waals surface area contributed by atoms with Crippen molar-refractivity contribution in [3.8, 4) is 11.1 Å². The maximum Gasteiger partial charge on any atom is 0.228 e. The van der Waals surface area contributed by atoms with E-state index in [1.165, 1.54) is 0 Å². The first kappa shape index (κ1) is 22.7. The van der Waals surface area contributed by atoms with Gasteiger partial charge in [0.25, 0.3) is 0 Å². The Labute approximate surface area is 195 Å². The predicted molar refractivity (Wildman–Crippen MR) is 131 cm³/mol. The molecule has 1 N–H and O–H groups in total. The van der Waals surface area contributed by atoms with Crippen LogP contribution in [0.25, 0.3) is 11.1 Å². The Morgan fingerprint density at radius 1 is 1.09 bits per heavy atom. The lowest BCUT2D eigenvalue weighted by atomic mass is 9.73. The Morgan fingerprint density at radius 2 is 1.94 bits per heavy atom. The molecule has 5 heteroatoms. The van der Waals surface area contributed by atoms with E-state index in [0.717, 1.165) is 40.7 Å². The molecular weight excluding hydrogens is 410 g/mol. The maximum atomic E-state index is 13.3. The van der Waals surface area contributed by atoms with E-state index in [-0.39, 0.29) is 11.8 Å². The second-order valence-corrected chi connectivity index (χ2v) is 9.02. The Kier molecular flexibility index (Phi) is 6.87. The Bertz CT molecular complexity index is 1130. The van der Waals surface area contributed by atoms with Gasteiger partial charge in [-0.05, 0) is 48.9 Å². The first-order valence-corrected chi connectivity index (χ1v) is 11.5. The second kappa shape index (κ2) is 9.99. The first-order valence-electron chi connectivity index (χ1n) is 11.5. The number of piperidine rings is 1. The van der Waals surface area contributed by atoms with Crippen molar-refractivity contribution in [1.29, 1.82) is 0 Å². The number of benzene rings is 2. The number of amides is 2. The van der Waals surface area contributed by atoms with E-state index in [0.29, 0.717) is 25.9 Å². The molecule has 1 aromatic heterocycles. The smallest absolute Gasteiger partial charge is 0.228 e. The fourth-order valence-corrected chi connectivity index (χ4v) is 4.97. The molecule has 0 radical (unpaired) electrons. The zero-order valence-electron chi connectivity index (χ0n) is 19.4. The van der Waals surface area contributed by atoms with E-state index in [1.807, 2.05) is 60.5 Å². The summed E-state index contributed by atoms with van der Waals surface area (Å²) >= 11 is 0. The molecule has 4 rings (SSSR count). The molecule has 1 fully saturated rings. The summed E-state index contributed by atoms with van der Waals surface area (Å²) in [7, 11) is 1.69. The molecule has 1 aliphatic rings. The van der Waals surface area contributed by atoms with Crippen LogP contribution in [-0.4, -0.2) is 41.8 Å². The van der Waals surface area contributed by atoms with Gasteiger partial charge in [0.05, 0.1) is 11.8 Å². The van der Waals surface area contributed by atoms with Crippen LogP contribution in [0.3, 0.4) is 0 Å². The van der Waals surface area contributed by atoms with Crippen LogP contribution in [-0.2, 0) is 22.4 Å². The van der Waals surface area contributed by atoms with E-state index in [1.54, 1.807) is 13.2 Å². The predicted octanol–water partition coefficient (Wildman–Crippen LogP) is 4.20. The number of pyridine rings is 1. The van der Waals surface area contributed by atoms with Crippen molar-refractivity contribution >= 4 is 11.8 Å². The maximum absolute atomic E-state index is 13.3. The van der Waals surface area contributed by atoms with Gasteiger partial charge in [-0.2, -0.15) is 0 Å². The lowest BCUT2D eigenvalue weighted by molar-refractivity contribution is -0.141. The summed E-state index contributed by atoms with van der Waals surface area (Å²) in [5, 5.41) is 2.88. The first-order chi connectivity index (χ1) is 16.0. The number of rotatable bonds is 6. The fraction of sp³-hybridized carbons (Fsp3) is 0.321. The van der Waals surface area contributed by atoms with Crippen LogP contribution in [0.2, 0.25) is 0 Å². The Balaban J connectivity index is 1.60. The molecule has 0 saturated carbocycles. The highest BCUT2D eigenvalue weighted by Gasteiger charge is 2.43. The lowest BCUT2D eigenvalue weighted by Gasteiger charge is -2.42. The fourth-order valence-electron chi connectivity index (χ4n) is 4.97. The summed E-state index contributed by atoms with van der Waals surface area (Å²) in [4.78, 5) is 32.6. The summed E-state index contributed by atoms with van der Waals surface area (Å²) in [6, 6.07) is 20.2. The van der Waals surface area contributed by atoms with Crippen LogP contribution in [0.4, 0.5) is 0 Å². The Hall–Kier alpha value is -3.47. The van der Waals surface area contributed by atoms with Gasteiger partial charge in [0.1, 0.15) is 0 Å². The van der Waals surface area contributed by atoms with Gasteiger partial charge in [-0.1, -0.05) is 60.2 Å². The molecule has 3 aromatic rings. The SMILES string of the molecule is CNC(=O)[C@@]1(Cc2ccccc2-c2cccnc2)CCCN(C(=O)Cc2cccc(C)c2)C1. The monoisotopic (exact) mass is 441 g/mol. The molecule has 5 nitrogen and oxygen atoms in total. The van der Waals surface area contributed by atoms with Crippen molar-refractivity contribution < 1.29 is 9.59 Å². The van der Waals surface area contributed by atoms with Crippen LogP contribution in [0.1, 0.15) is 29.5 Å². The molecular formula is C28H31N3O2. The number of nitrogens with zero attached hydrogens (tertiary/aromatic N) is 2. The third-order valence-electron chi connectivity index (χ3n) is 6.59. The van der Waals surface area contributed by atoms with E-state index in [9.17, 15) is 9.59 Å². The number of carbonyl (C=O) groups is 2. The number of hydrogen-bond donors (Lipinski definition) is 1. The van der Waals surface area contributed by atoms with Crippen LogP contribution < -0.4 is 5.32 Å². The third-order valence-corrected chi connectivity index (χ3v) is 6.59. The zero-order chi connectivity index (χ0) is 23.3. The van der Waals surface area contributed by atoms with Gasteiger partial charge in [0, 0.05) is 38.1 Å². The van der Waals surface area contributed by atoms with E-state index in [2.05, 4.69) is 28.5 Å². The van der Waals surface area contributed by atoms with Crippen LogP contribution >= 0.6 is 0 Å². The summed E-state index contributed by atoms with van der Waals surface area (Å²) in [5.41, 5.74) is 4.71. The topological polar surface area (TPSA) is 62.3 Å². The van der Waals surface area contributed by atoms with Crippen molar-refractivity contribution in [3.05, 3.63) is 89.7 Å². The van der Waals surface area contributed by atoms with Crippen molar-refractivity contribution in [2.24, 2.45) is 5.41 Å². The third kappa shape index (κ3) is 5.14. The van der Waals surface area contributed by atoms with Crippen LogP contribution in [0, 0.1) is 12.3 Å². The van der Waals surface area contributed by atoms with Gasteiger partial charge in [-0.15, -0.1) is 0 Å². The molecule has 1 saturated heterocycles. The minimum absolute atomic E-state index is 0.00320. The van der Waals surface area contributed by atoms with Crippen LogP contribution in [0.15, 0.2) is 73.1 Å². The van der Waals surface area contributed by atoms with Crippen molar-refractivity contribution in [2.75, 3.05) is 20.1 Å². The van der Waals surface area contributed by atoms with Gasteiger partial charge in [-0.25, -0.2) is 0 Å².